The van der Waals surface area contributed by atoms with Crippen LogP contribution in [-0.2, 0) is 0 Å². The molecule has 0 aromatic carbocycles. The molecule has 0 atom stereocenters. The van der Waals surface area contributed by atoms with E-state index in [0.29, 0.717) is 17.6 Å². The van der Waals surface area contributed by atoms with Gasteiger partial charge in [-0.3, -0.25) is 0 Å². The first-order chi connectivity index (χ1) is 4.91. The van der Waals surface area contributed by atoms with E-state index in [2.05, 4.69) is 13.3 Å². The fraction of sp³-hybridized carbons (Fsp3) is 0.857. The first-order valence-electron chi connectivity index (χ1n) is 4.73. The molecule has 0 aromatic heterocycles. The van der Waals surface area contributed by atoms with E-state index in [4.69, 9.17) is 0 Å². The van der Waals surface area contributed by atoms with Gasteiger partial charge in [0.1, 0.15) is 0 Å². The van der Waals surface area contributed by atoms with E-state index in [1.165, 1.54) is 25.7 Å². The fourth-order valence-electron chi connectivity index (χ4n) is 1.06. The van der Waals surface area contributed by atoms with E-state index in [9.17, 15) is 0 Å². The number of hydrogen-bond donors (Lipinski definition) is 0. The maximum atomic E-state index is 2.48. The first-order valence-corrected chi connectivity index (χ1v) is 15.4. The fourth-order valence-corrected chi connectivity index (χ4v) is 9.27. The normalized spacial score (nSPS) is 12.9. The third-order valence-electron chi connectivity index (χ3n) is 1.75. The van der Waals surface area contributed by atoms with Gasteiger partial charge < -0.3 is 0 Å². The molecule has 3 heteroatoms. The van der Waals surface area contributed by atoms with Crippen molar-refractivity contribution < 1.29 is 0 Å². The van der Waals surface area contributed by atoms with Gasteiger partial charge in [0.2, 0.25) is 0 Å². The third kappa shape index (κ3) is 8.65. The highest BCUT2D eigenvalue weighted by Crippen LogP contribution is 2.02. The molecule has 0 bridgehead atoms. The highest BCUT2D eigenvalue weighted by molar-refractivity contribution is 7.23. The van der Waals surface area contributed by atoms with Gasteiger partial charge in [-0.2, -0.15) is 0 Å². The quantitative estimate of drug-likeness (QED) is 0.382. The zero-order valence-corrected chi connectivity index (χ0v) is 12.4. The van der Waals surface area contributed by atoms with Crippen molar-refractivity contribution in [1.82, 2.24) is 0 Å². The van der Waals surface area contributed by atoms with Crippen LogP contribution in [-0.4, -0.2) is 27.4 Å². The number of hydrogen-bond acceptors (Lipinski definition) is 0. The van der Waals surface area contributed by atoms with Gasteiger partial charge in [-0.1, -0.05) is 38.7 Å². The average Bonchev–Trinajstić information content (AvgIpc) is 1.97. The van der Waals surface area contributed by atoms with Gasteiger partial charge >= 0.3 is 0 Å². The molecule has 0 aliphatic heterocycles. The summed E-state index contributed by atoms with van der Waals surface area (Å²) < 4.78 is 0. The Labute approximate surface area is 72.8 Å². The van der Waals surface area contributed by atoms with Crippen LogP contribution in [0, 0.1) is 6.42 Å². The van der Waals surface area contributed by atoms with Crippen molar-refractivity contribution in [3.63, 3.8) is 0 Å². The van der Waals surface area contributed by atoms with E-state index in [0.717, 1.165) is 0 Å². The van der Waals surface area contributed by atoms with E-state index >= 15 is 0 Å². The van der Waals surface area contributed by atoms with Gasteiger partial charge in [0.05, 0.1) is 0 Å². The minimum Gasteiger partial charge on any atom is -0.0654 e. The lowest BCUT2D eigenvalue weighted by atomic mass is 10.2. The first kappa shape index (κ1) is 10.7. The molecular formula is C7H21Si3. The van der Waals surface area contributed by atoms with Crippen LogP contribution in [0.4, 0.5) is 0 Å². The summed E-state index contributed by atoms with van der Waals surface area (Å²) in [4.78, 5) is 0. The molecule has 0 heterocycles. The molecule has 0 saturated heterocycles. The molecule has 0 N–H and O–H groups in total. The number of rotatable bonds is 7. The van der Waals surface area contributed by atoms with Crippen LogP contribution in [0.2, 0.25) is 6.04 Å². The van der Waals surface area contributed by atoms with Crippen molar-refractivity contribution in [3.8, 4) is 0 Å². The lowest BCUT2D eigenvalue weighted by molar-refractivity contribution is 0.795. The van der Waals surface area contributed by atoms with Crippen LogP contribution < -0.4 is 0 Å². The van der Waals surface area contributed by atoms with Crippen LogP contribution in [0.15, 0.2) is 0 Å². The average molecular weight is 190 g/mol. The maximum Gasteiger partial charge on any atom is 0.00460 e. The van der Waals surface area contributed by atoms with Crippen molar-refractivity contribution in [2.45, 2.75) is 38.7 Å². The minimum atomic E-state index is 0.568. The molecule has 61 valence electrons. The predicted molar refractivity (Wildman–Crippen MR) is 60.3 cm³/mol. The Hall–Kier alpha value is 0.651. The molecule has 0 aliphatic rings. The van der Waals surface area contributed by atoms with Gasteiger partial charge in [0.15, 0.2) is 0 Å². The summed E-state index contributed by atoms with van der Waals surface area (Å²) in [5.74, 6) is 0. The minimum absolute atomic E-state index is 0.568. The smallest absolute Gasteiger partial charge is 0.00460 e. The maximum absolute atomic E-state index is 2.48. The highest BCUT2D eigenvalue weighted by Gasteiger charge is 1.88. The summed E-state index contributed by atoms with van der Waals surface area (Å²) in [5.41, 5.74) is 0. The van der Waals surface area contributed by atoms with Crippen molar-refractivity contribution in [2.24, 2.45) is 0 Å². The lowest BCUT2D eigenvalue weighted by Crippen LogP contribution is -2.01. The Morgan fingerprint density at radius 1 is 1.40 bits per heavy atom. The Morgan fingerprint density at radius 2 is 2.20 bits per heavy atom. The van der Waals surface area contributed by atoms with Gasteiger partial charge in [-0.15, -0.1) is 0 Å². The second kappa shape index (κ2) is 9.65. The summed E-state index contributed by atoms with van der Waals surface area (Å²) in [6.07, 6.45) is 8.11. The van der Waals surface area contributed by atoms with Crippen molar-refractivity contribution in [2.75, 3.05) is 0 Å². The van der Waals surface area contributed by atoms with Crippen molar-refractivity contribution in [1.29, 1.82) is 0 Å². The summed E-state index contributed by atoms with van der Waals surface area (Å²) >= 11 is 0. The largest absolute Gasteiger partial charge is 0.0654 e. The summed E-state index contributed by atoms with van der Waals surface area (Å²) in [6.45, 7) is 2.26. The summed E-state index contributed by atoms with van der Waals surface area (Å²) in [6, 6.07) is 1.66. The SMILES string of the molecule is CCC[CH]CCC[SiH2][SiH2][SiH3]. The molecule has 0 aliphatic carbocycles. The molecule has 0 spiro atoms. The van der Waals surface area contributed by atoms with Crippen LogP contribution in [0.5, 0.6) is 0 Å². The van der Waals surface area contributed by atoms with Crippen molar-refractivity contribution >= 4 is 27.4 Å². The molecule has 0 rings (SSSR count). The topological polar surface area (TPSA) is 0 Å². The van der Waals surface area contributed by atoms with Crippen molar-refractivity contribution in [3.05, 3.63) is 6.42 Å². The van der Waals surface area contributed by atoms with E-state index in [1.807, 2.05) is 0 Å². The van der Waals surface area contributed by atoms with Crippen LogP contribution >= 0.6 is 0 Å². The summed E-state index contributed by atoms with van der Waals surface area (Å²) in [7, 11) is 2.81. The molecule has 0 amide bonds. The molecule has 0 saturated carbocycles. The van der Waals surface area contributed by atoms with Crippen LogP contribution in [0.1, 0.15) is 32.6 Å². The molecule has 10 heavy (non-hydrogen) atoms. The Kier molecular flexibility index (Phi) is 10.3. The third-order valence-corrected chi connectivity index (χ3v) is 13.4. The predicted octanol–water partition coefficient (Wildman–Crippen LogP) is -0.278. The second-order valence-electron chi connectivity index (χ2n) is 2.93. The van der Waals surface area contributed by atoms with Gasteiger partial charge in [-0.25, -0.2) is 0 Å². The highest BCUT2D eigenvalue weighted by atomic mass is 29.5. The molecule has 0 aromatic rings. The summed E-state index contributed by atoms with van der Waals surface area (Å²) in [5, 5.41) is 0. The zero-order chi connectivity index (χ0) is 7.66. The Bertz CT molecular complexity index is 48.8. The molecule has 0 fully saturated rings. The van der Waals surface area contributed by atoms with E-state index in [1.54, 1.807) is 15.8 Å². The Balaban J connectivity index is 2.65. The lowest BCUT2D eigenvalue weighted by Gasteiger charge is -1.96. The zero-order valence-electron chi connectivity index (χ0n) is 7.53. The molecular weight excluding hydrogens is 168 g/mol. The van der Waals surface area contributed by atoms with Crippen LogP contribution in [0.3, 0.4) is 0 Å². The van der Waals surface area contributed by atoms with E-state index < -0.39 is 0 Å². The monoisotopic (exact) mass is 189 g/mol. The number of unbranched alkanes of at least 4 members (excludes halogenated alkanes) is 4. The van der Waals surface area contributed by atoms with Gasteiger partial charge in [0.25, 0.3) is 0 Å². The van der Waals surface area contributed by atoms with Crippen LogP contribution in [0.25, 0.3) is 0 Å². The van der Waals surface area contributed by atoms with Gasteiger partial charge in [-0.05, 0) is 24.7 Å². The molecule has 1 radical (unpaired) electrons. The Morgan fingerprint density at radius 3 is 2.80 bits per heavy atom. The molecule has 0 unspecified atom stereocenters. The standard InChI is InChI=1S/C7H21Si3/c1-2-3-4-5-6-7-9-10-8/h4H,2-3,5-7,9-10H2,1,8H3. The molecule has 0 nitrogen and oxygen atoms in total. The second-order valence-corrected chi connectivity index (χ2v) is 19.5. The van der Waals surface area contributed by atoms with E-state index in [-0.39, 0.29) is 0 Å². The van der Waals surface area contributed by atoms with Gasteiger partial charge in [0, 0.05) is 9.04 Å².